The van der Waals surface area contributed by atoms with Crippen LogP contribution in [0.2, 0.25) is 0 Å². The summed E-state index contributed by atoms with van der Waals surface area (Å²) in [5.74, 6) is -1.04. The zero-order chi connectivity index (χ0) is 19.5. The number of rotatable bonds is 5. The number of nitrogen functional groups attached to an aromatic ring is 1. The Balaban J connectivity index is 1.47. The summed E-state index contributed by atoms with van der Waals surface area (Å²) < 4.78 is 32.4. The van der Waals surface area contributed by atoms with Crippen LogP contribution in [-0.2, 0) is 12.8 Å². The maximum absolute atomic E-state index is 13.8. The lowest BCUT2D eigenvalue weighted by molar-refractivity contribution is 0.425. The van der Waals surface area contributed by atoms with Crippen molar-refractivity contribution in [3.8, 4) is 11.3 Å². The van der Waals surface area contributed by atoms with Gasteiger partial charge in [0, 0.05) is 31.3 Å². The number of aromatic nitrogens is 3. The van der Waals surface area contributed by atoms with Gasteiger partial charge in [-0.05, 0) is 34.9 Å². The van der Waals surface area contributed by atoms with Crippen molar-refractivity contribution in [1.82, 2.24) is 15.1 Å². The molecule has 4 rings (SSSR count). The smallest absolute Gasteiger partial charge is 0.249 e. The molecule has 0 aliphatic heterocycles. The van der Waals surface area contributed by atoms with Crippen molar-refractivity contribution in [3.05, 3.63) is 95.1 Å². The highest BCUT2D eigenvalue weighted by molar-refractivity contribution is 5.69. The SMILES string of the molecule is Nc1ncccc1-c1cc(Cc2ccc(Cc3ccnc(F)c3F)cc2)no1. The van der Waals surface area contributed by atoms with Gasteiger partial charge in [0.15, 0.2) is 11.6 Å². The average molecular weight is 378 g/mol. The molecule has 7 heteroatoms. The molecule has 140 valence electrons. The van der Waals surface area contributed by atoms with Gasteiger partial charge < -0.3 is 10.3 Å². The average Bonchev–Trinajstić information content (AvgIpc) is 3.15. The standard InChI is InChI=1S/C21H16F2N4O/c22-19-15(7-9-25-20(19)23)10-13-3-5-14(6-4-13)11-16-12-18(28-27-16)17-2-1-8-26-21(17)24/h1-9,12H,10-11H2,(H2,24,26). The van der Waals surface area contributed by atoms with E-state index in [4.69, 9.17) is 10.3 Å². The Morgan fingerprint density at radius 3 is 2.39 bits per heavy atom. The summed E-state index contributed by atoms with van der Waals surface area (Å²) in [6, 6.07) is 14.5. The van der Waals surface area contributed by atoms with Gasteiger partial charge in [-0.2, -0.15) is 4.39 Å². The molecule has 0 saturated heterocycles. The van der Waals surface area contributed by atoms with Crippen LogP contribution >= 0.6 is 0 Å². The van der Waals surface area contributed by atoms with Crippen LogP contribution in [-0.4, -0.2) is 15.1 Å². The quantitative estimate of drug-likeness (QED) is 0.527. The van der Waals surface area contributed by atoms with Crippen LogP contribution in [0.15, 0.2) is 65.4 Å². The molecular formula is C21H16F2N4O. The second-order valence-electron chi connectivity index (χ2n) is 6.36. The summed E-state index contributed by atoms with van der Waals surface area (Å²) >= 11 is 0. The number of pyridine rings is 2. The second kappa shape index (κ2) is 7.56. The molecule has 0 bridgehead atoms. The van der Waals surface area contributed by atoms with Crippen molar-refractivity contribution in [2.75, 3.05) is 5.73 Å². The van der Waals surface area contributed by atoms with Gasteiger partial charge in [-0.15, -0.1) is 0 Å². The van der Waals surface area contributed by atoms with Crippen LogP contribution in [0.4, 0.5) is 14.6 Å². The van der Waals surface area contributed by atoms with Gasteiger partial charge >= 0.3 is 0 Å². The van der Waals surface area contributed by atoms with Crippen molar-refractivity contribution < 1.29 is 13.3 Å². The maximum Gasteiger partial charge on any atom is 0.249 e. The Labute approximate surface area is 159 Å². The highest BCUT2D eigenvalue weighted by Gasteiger charge is 2.12. The van der Waals surface area contributed by atoms with E-state index in [1.165, 1.54) is 12.3 Å². The first-order chi connectivity index (χ1) is 13.6. The summed E-state index contributed by atoms with van der Waals surface area (Å²) in [6.45, 7) is 0. The zero-order valence-electron chi connectivity index (χ0n) is 14.8. The van der Waals surface area contributed by atoms with Crippen molar-refractivity contribution in [1.29, 1.82) is 0 Å². The molecule has 1 aromatic carbocycles. The summed E-state index contributed by atoms with van der Waals surface area (Å²) in [4.78, 5) is 7.34. The van der Waals surface area contributed by atoms with Crippen LogP contribution in [0.5, 0.6) is 0 Å². The third-order valence-electron chi connectivity index (χ3n) is 4.39. The number of hydrogen-bond acceptors (Lipinski definition) is 5. The van der Waals surface area contributed by atoms with Crippen molar-refractivity contribution in [2.45, 2.75) is 12.8 Å². The number of anilines is 1. The molecule has 28 heavy (non-hydrogen) atoms. The minimum Gasteiger partial charge on any atom is -0.383 e. The molecule has 0 amide bonds. The first-order valence-electron chi connectivity index (χ1n) is 8.63. The fraction of sp³-hybridized carbons (Fsp3) is 0.0952. The van der Waals surface area contributed by atoms with E-state index in [9.17, 15) is 8.78 Å². The molecule has 0 radical (unpaired) electrons. The number of nitrogens with zero attached hydrogens (tertiary/aromatic N) is 3. The number of hydrogen-bond donors (Lipinski definition) is 1. The van der Waals surface area contributed by atoms with Gasteiger partial charge in [0.25, 0.3) is 0 Å². The number of nitrogens with two attached hydrogens (primary N) is 1. The zero-order valence-corrected chi connectivity index (χ0v) is 14.8. The predicted octanol–water partition coefficient (Wildman–Crippen LogP) is 4.17. The van der Waals surface area contributed by atoms with Crippen LogP contribution in [0.1, 0.15) is 22.4 Å². The highest BCUT2D eigenvalue weighted by atomic mass is 19.2. The maximum atomic E-state index is 13.8. The molecule has 2 N–H and O–H groups in total. The van der Waals surface area contributed by atoms with E-state index in [-0.39, 0.29) is 5.56 Å². The Hall–Kier alpha value is -3.61. The van der Waals surface area contributed by atoms with E-state index in [0.717, 1.165) is 16.8 Å². The van der Waals surface area contributed by atoms with E-state index in [1.807, 2.05) is 36.4 Å². The highest BCUT2D eigenvalue weighted by Crippen LogP contribution is 2.25. The third-order valence-corrected chi connectivity index (χ3v) is 4.39. The molecule has 3 aromatic heterocycles. The van der Waals surface area contributed by atoms with Crippen molar-refractivity contribution in [2.24, 2.45) is 0 Å². The number of halogens is 2. The molecule has 0 spiro atoms. The van der Waals surface area contributed by atoms with Gasteiger partial charge in [-0.1, -0.05) is 29.4 Å². The molecular weight excluding hydrogens is 362 g/mol. The Morgan fingerprint density at radius 1 is 0.893 bits per heavy atom. The molecule has 0 unspecified atom stereocenters. The normalized spacial score (nSPS) is 10.9. The molecule has 3 heterocycles. The lowest BCUT2D eigenvalue weighted by Gasteiger charge is -2.05. The van der Waals surface area contributed by atoms with Gasteiger partial charge in [0.05, 0.1) is 11.3 Å². The molecule has 5 nitrogen and oxygen atoms in total. The van der Waals surface area contributed by atoms with Crippen LogP contribution in [0.3, 0.4) is 0 Å². The van der Waals surface area contributed by atoms with Crippen molar-refractivity contribution >= 4 is 5.82 Å². The number of benzene rings is 1. The molecule has 0 aliphatic rings. The Kier molecular flexibility index (Phi) is 4.80. The van der Waals surface area contributed by atoms with Gasteiger partial charge in [-0.3, -0.25) is 0 Å². The fourth-order valence-corrected chi connectivity index (χ4v) is 2.94. The summed E-state index contributed by atoms with van der Waals surface area (Å²) in [5, 5.41) is 4.08. The van der Waals surface area contributed by atoms with E-state index >= 15 is 0 Å². The van der Waals surface area contributed by atoms with E-state index < -0.39 is 11.8 Å². The predicted molar refractivity (Wildman–Crippen MR) is 100 cm³/mol. The lowest BCUT2D eigenvalue weighted by atomic mass is 10.0. The third kappa shape index (κ3) is 3.73. The largest absolute Gasteiger partial charge is 0.383 e. The minimum atomic E-state index is -1.08. The first kappa shape index (κ1) is 17.8. The molecule has 0 saturated carbocycles. The molecule has 4 aromatic rings. The topological polar surface area (TPSA) is 77.8 Å². The second-order valence-corrected chi connectivity index (χ2v) is 6.36. The monoisotopic (exact) mass is 378 g/mol. The van der Waals surface area contributed by atoms with Crippen molar-refractivity contribution in [3.63, 3.8) is 0 Å². The summed E-state index contributed by atoms with van der Waals surface area (Å²) in [7, 11) is 0. The van der Waals surface area contributed by atoms with Gasteiger partial charge in [0.2, 0.25) is 5.95 Å². The molecule has 0 fully saturated rings. The first-order valence-corrected chi connectivity index (χ1v) is 8.63. The Morgan fingerprint density at radius 2 is 1.64 bits per heavy atom. The van der Waals surface area contributed by atoms with Crippen LogP contribution in [0, 0.1) is 11.8 Å². The summed E-state index contributed by atoms with van der Waals surface area (Å²) in [5.41, 5.74) is 9.48. The van der Waals surface area contributed by atoms with E-state index in [1.54, 1.807) is 12.3 Å². The lowest BCUT2D eigenvalue weighted by Crippen LogP contribution is -1.98. The summed E-state index contributed by atoms with van der Waals surface area (Å²) in [6.07, 6.45) is 3.74. The molecule has 0 atom stereocenters. The Bertz CT molecular complexity index is 1110. The molecule has 0 aliphatic carbocycles. The van der Waals surface area contributed by atoms with E-state index in [0.29, 0.717) is 30.0 Å². The fourth-order valence-electron chi connectivity index (χ4n) is 2.94. The van der Waals surface area contributed by atoms with Crippen LogP contribution in [0.25, 0.3) is 11.3 Å². The minimum absolute atomic E-state index is 0.274. The van der Waals surface area contributed by atoms with Crippen LogP contribution < -0.4 is 5.73 Å². The van der Waals surface area contributed by atoms with Gasteiger partial charge in [0.1, 0.15) is 5.82 Å². The van der Waals surface area contributed by atoms with Gasteiger partial charge in [-0.25, -0.2) is 14.4 Å². The van der Waals surface area contributed by atoms with E-state index in [2.05, 4.69) is 15.1 Å².